The molecule has 0 unspecified atom stereocenters. The van der Waals surface area contributed by atoms with Crippen LogP contribution in [0.3, 0.4) is 0 Å². The molecule has 0 amide bonds. The SMILES string of the molecule is CC.CCc1cc2c(cn1)CCC2. The fourth-order valence-corrected chi connectivity index (χ4v) is 1.70. The van der Waals surface area contributed by atoms with Crippen LogP contribution in [0.5, 0.6) is 0 Å². The molecule has 0 radical (unpaired) electrons. The molecule has 1 heterocycles. The van der Waals surface area contributed by atoms with Gasteiger partial charge in [-0.3, -0.25) is 4.98 Å². The van der Waals surface area contributed by atoms with E-state index in [-0.39, 0.29) is 0 Å². The standard InChI is InChI=1S/C10H13N.C2H6/c1-2-10-6-8-4-3-5-9(8)7-11-10;1-2/h6-7H,2-5H2,1H3;1-2H3. The van der Waals surface area contributed by atoms with Crippen LogP contribution in [0, 0.1) is 0 Å². The van der Waals surface area contributed by atoms with Crippen molar-refractivity contribution in [1.29, 1.82) is 0 Å². The van der Waals surface area contributed by atoms with Crippen molar-refractivity contribution in [2.24, 2.45) is 0 Å². The van der Waals surface area contributed by atoms with Crippen LogP contribution in [0.25, 0.3) is 0 Å². The second kappa shape index (κ2) is 5.00. The van der Waals surface area contributed by atoms with Gasteiger partial charge in [-0.05, 0) is 42.9 Å². The van der Waals surface area contributed by atoms with Crippen LogP contribution in [0.1, 0.15) is 44.0 Å². The van der Waals surface area contributed by atoms with E-state index in [1.165, 1.54) is 36.1 Å². The number of rotatable bonds is 1. The molecule has 1 aliphatic carbocycles. The van der Waals surface area contributed by atoms with Gasteiger partial charge in [0.25, 0.3) is 0 Å². The van der Waals surface area contributed by atoms with Gasteiger partial charge in [-0.15, -0.1) is 0 Å². The summed E-state index contributed by atoms with van der Waals surface area (Å²) in [5, 5.41) is 0. The minimum atomic E-state index is 1.06. The van der Waals surface area contributed by atoms with Crippen LogP contribution in [-0.2, 0) is 19.3 Å². The van der Waals surface area contributed by atoms with Gasteiger partial charge in [0.15, 0.2) is 0 Å². The monoisotopic (exact) mass is 177 g/mol. The molecule has 1 aromatic rings. The topological polar surface area (TPSA) is 12.9 Å². The summed E-state index contributed by atoms with van der Waals surface area (Å²) in [5.41, 5.74) is 4.25. The number of aromatic nitrogens is 1. The molecule has 0 aromatic carbocycles. The zero-order valence-corrected chi connectivity index (χ0v) is 8.93. The quantitative estimate of drug-likeness (QED) is 0.642. The van der Waals surface area contributed by atoms with Crippen LogP contribution in [0.15, 0.2) is 12.3 Å². The minimum absolute atomic E-state index is 1.06. The van der Waals surface area contributed by atoms with E-state index >= 15 is 0 Å². The third kappa shape index (κ3) is 2.30. The molecule has 1 nitrogen and oxygen atoms in total. The summed E-state index contributed by atoms with van der Waals surface area (Å²) in [6.07, 6.45) is 6.95. The van der Waals surface area contributed by atoms with Crippen molar-refractivity contribution < 1.29 is 0 Å². The molecule has 72 valence electrons. The molecular formula is C12H19N. The molecule has 0 spiro atoms. The van der Waals surface area contributed by atoms with Crippen molar-refractivity contribution in [3.8, 4) is 0 Å². The smallest absolute Gasteiger partial charge is 0.0403 e. The van der Waals surface area contributed by atoms with E-state index < -0.39 is 0 Å². The maximum Gasteiger partial charge on any atom is 0.0403 e. The lowest BCUT2D eigenvalue weighted by atomic mass is 10.1. The summed E-state index contributed by atoms with van der Waals surface area (Å²) in [6.45, 7) is 6.16. The highest BCUT2D eigenvalue weighted by Gasteiger charge is 2.10. The van der Waals surface area contributed by atoms with Gasteiger partial charge in [0.1, 0.15) is 0 Å². The summed E-state index contributed by atoms with van der Waals surface area (Å²) in [5.74, 6) is 0. The van der Waals surface area contributed by atoms with Crippen molar-refractivity contribution in [2.45, 2.75) is 46.5 Å². The Balaban J connectivity index is 0.000000396. The third-order valence-corrected chi connectivity index (χ3v) is 2.39. The van der Waals surface area contributed by atoms with Crippen LogP contribution in [-0.4, -0.2) is 4.98 Å². The molecule has 0 fully saturated rings. The van der Waals surface area contributed by atoms with Crippen molar-refractivity contribution in [3.05, 3.63) is 29.1 Å². The summed E-state index contributed by atoms with van der Waals surface area (Å²) in [7, 11) is 0. The van der Waals surface area contributed by atoms with E-state index in [0.29, 0.717) is 0 Å². The van der Waals surface area contributed by atoms with Gasteiger partial charge in [0.05, 0.1) is 0 Å². The summed E-state index contributed by atoms with van der Waals surface area (Å²) in [6, 6.07) is 2.27. The lowest BCUT2D eigenvalue weighted by molar-refractivity contribution is 0.911. The Morgan fingerprint density at radius 1 is 1.23 bits per heavy atom. The van der Waals surface area contributed by atoms with E-state index in [1.807, 2.05) is 13.8 Å². The first-order valence-electron chi connectivity index (χ1n) is 5.37. The van der Waals surface area contributed by atoms with Crippen molar-refractivity contribution in [1.82, 2.24) is 4.98 Å². The van der Waals surface area contributed by atoms with Gasteiger partial charge in [-0.1, -0.05) is 20.8 Å². The number of pyridine rings is 1. The Bertz CT molecular complexity index is 266. The van der Waals surface area contributed by atoms with Crippen molar-refractivity contribution in [2.75, 3.05) is 0 Å². The Hall–Kier alpha value is -0.850. The fourth-order valence-electron chi connectivity index (χ4n) is 1.70. The molecule has 0 N–H and O–H groups in total. The zero-order chi connectivity index (χ0) is 9.68. The van der Waals surface area contributed by atoms with Gasteiger partial charge in [0, 0.05) is 11.9 Å². The Kier molecular flexibility index (Phi) is 3.94. The van der Waals surface area contributed by atoms with E-state index in [4.69, 9.17) is 0 Å². The minimum Gasteiger partial charge on any atom is -0.261 e. The maximum absolute atomic E-state index is 4.37. The lowest BCUT2D eigenvalue weighted by Gasteiger charge is -1.99. The fraction of sp³-hybridized carbons (Fsp3) is 0.583. The van der Waals surface area contributed by atoms with Crippen molar-refractivity contribution in [3.63, 3.8) is 0 Å². The van der Waals surface area contributed by atoms with E-state index in [2.05, 4.69) is 24.2 Å². The first-order chi connectivity index (χ1) is 6.40. The first kappa shape index (κ1) is 10.2. The number of fused-ring (bicyclic) bond motifs is 1. The van der Waals surface area contributed by atoms with Crippen LogP contribution in [0.2, 0.25) is 0 Å². The second-order valence-corrected chi connectivity index (χ2v) is 3.15. The molecule has 0 saturated carbocycles. The highest BCUT2D eigenvalue weighted by molar-refractivity contribution is 5.30. The maximum atomic E-state index is 4.37. The van der Waals surface area contributed by atoms with Gasteiger partial charge in [0.2, 0.25) is 0 Å². The molecular weight excluding hydrogens is 158 g/mol. The Morgan fingerprint density at radius 3 is 2.62 bits per heavy atom. The van der Waals surface area contributed by atoms with Gasteiger partial charge in [-0.25, -0.2) is 0 Å². The molecule has 2 rings (SSSR count). The van der Waals surface area contributed by atoms with Crippen LogP contribution >= 0.6 is 0 Å². The van der Waals surface area contributed by atoms with E-state index in [1.54, 1.807) is 0 Å². The van der Waals surface area contributed by atoms with Gasteiger partial charge in [-0.2, -0.15) is 0 Å². The molecule has 0 saturated heterocycles. The molecule has 0 aliphatic heterocycles. The number of aryl methyl sites for hydroxylation is 3. The number of hydrogen-bond acceptors (Lipinski definition) is 1. The van der Waals surface area contributed by atoms with Gasteiger partial charge >= 0.3 is 0 Å². The van der Waals surface area contributed by atoms with Gasteiger partial charge < -0.3 is 0 Å². The zero-order valence-electron chi connectivity index (χ0n) is 8.93. The van der Waals surface area contributed by atoms with Crippen LogP contribution < -0.4 is 0 Å². The predicted octanol–water partition coefficient (Wildman–Crippen LogP) is 3.16. The number of nitrogens with zero attached hydrogens (tertiary/aromatic N) is 1. The normalized spacial score (nSPS) is 13.2. The summed E-state index contributed by atoms with van der Waals surface area (Å²) < 4.78 is 0. The second-order valence-electron chi connectivity index (χ2n) is 3.15. The van der Waals surface area contributed by atoms with E-state index in [9.17, 15) is 0 Å². The van der Waals surface area contributed by atoms with E-state index in [0.717, 1.165) is 6.42 Å². The molecule has 0 bridgehead atoms. The average Bonchev–Trinajstić information content (AvgIpc) is 2.67. The predicted molar refractivity (Wildman–Crippen MR) is 57.0 cm³/mol. The first-order valence-corrected chi connectivity index (χ1v) is 5.37. The Labute approximate surface area is 81.2 Å². The highest BCUT2D eigenvalue weighted by atomic mass is 14.7. The molecule has 13 heavy (non-hydrogen) atoms. The average molecular weight is 177 g/mol. The Morgan fingerprint density at radius 2 is 1.92 bits per heavy atom. The summed E-state index contributed by atoms with van der Waals surface area (Å²) in [4.78, 5) is 4.37. The van der Waals surface area contributed by atoms with Crippen molar-refractivity contribution >= 4 is 0 Å². The molecule has 0 atom stereocenters. The summed E-state index contributed by atoms with van der Waals surface area (Å²) >= 11 is 0. The lowest BCUT2D eigenvalue weighted by Crippen LogP contribution is -1.90. The van der Waals surface area contributed by atoms with Crippen LogP contribution in [0.4, 0.5) is 0 Å². The largest absolute Gasteiger partial charge is 0.261 e. The molecule has 1 aromatic heterocycles. The highest BCUT2D eigenvalue weighted by Crippen LogP contribution is 2.21. The third-order valence-electron chi connectivity index (χ3n) is 2.39. The number of hydrogen-bond donors (Lipinski definition) is 0. The molecule has 1 heteroatoms. The molecule has 1 aliphatic rings.